The van der Waals surface area contributed by atoms with E-state index in [-0.39, 0.29) is 0 Å². The molecule has 0 spiro atoms. The number of aryl methyl sites for hydroxylation is 2. The fourth-order valence-electron chi connectivity index (χ4n) is 5.72. The Morgan fingerprint density at radius 1 is 1.02 bits per heavy atom. The maximum Gasteiger partial charge on any atom is 0.339 e. The van der Waals surface area contributed by atoms with Crippen LogP contribution in [0.15, 0.2) is 42.5 Å². The molecule has 2 aromatic carbocycles. The number of methoxy groups -OCH3 is 1. The Bertz CT molecular complexity index is 1850. The number of nitrogens with zero attached hydrogens (tertiary/aromatic N) is 6. The van der Waals surface area contributed by atoms with E-state index in [1.54, 1.807) is 11.3 Å². The van der Waals surface area contributed by atoms with Gasteiger partial charge in [-0.15, -0.1) is 11.3 Å². The first-order chi connectivity index (χ1) is 20.9. The molecule has 1 aliphatic rings. The highest BCUT2D eigenvalue weighted by atomic mass is 35.5. The van der Waals surface area contributed by atoms with E-state index in [1.165, 1.54) is 7.11 Å². The lowest BCUT2D eigenvalue weighted by Gasteiger charge is -2.32. The highest BCUT2D eigenvalue weighted by molar-refractivity contribution is 7.22. The van der Waals surface area contributed by atoms with Crippen molar-refractivity contribution in [2.45, 2.75) is 39.4 Å². The van der Waals surface area contributed by atoms with Gasteiger partial charge in [0.05, 0.1) is 34.1 Å². The van der Waals surface area contributed by atoms with Gasteiger partial charge in [0, 0.05) is 49.4 Å². The third kappa shape index (κ3) is 5.79. The minimum atomic E-state index is -0.934. The first kappa shape index (κ1) is 30.5. The number of pyridine rings is 1. The van der Waals surface area contributed by atoms with E-state index in [2.05, 4.69) is 22.9 Å². The average Bonchev–Trinajstić information content (AvgIpc) is 3.56. The summed E-state index contributed by atoms with van der Waals surface area (Å²) < 4.78 is 14.4. The molecule has 11 heteroatoms. The lowest BCUT2D eigenvalue weighted by molar-refractivity contribution is -0.164. The lowest BCUT2D eigenvalue weighted by Crippen LogP contribution is -2.44. The molecule has 6 rings (SSSR count). The van der Waals surface area contributed by atoms with Crippen molar-refractivity contribution < 1.29 is 14.3 Å². The second kappa shape index (κ2) is 11.7. The Kier molecular flexibility index (Phi) is 8.13. The fraction of sp³-hybridized carbons (Fsp3) is 0.394. The van der Waals surface area contributed by atoms with Crippen molar-refractivity contribution in [3.63, 3.8) is 0 Å². The zero-order chi connectivity index (χ0) is 31.3. The number of ether oxygens (including phenoxy) is 2. The summed E-state index contributed by atoms with van der Waals surface area (Å²) in [5, 5.41) is 6.26. The second-order valence-corrected chi connectivity index (χ2v) is 13.7. The number of rotatable bonds is 6. The van der Waals surface area contributed by atoms with Gasteiger partial charge in [0.25, 0.3) is 0 Å². The van der Waals surface area contributed by atoms with Crippen molar-refractivity contribution in [2.24, 2.45) is 7.05 Å². The molecule has 1 saturated heterocycles. The minimum absolute atomic E-state index is 0.456. The number of piperazine rings is 1. The van der Waals surface area contributed by atoms with Gasteiger partial charge >= 0.3 is 5.97 Å². The predicted octanol–water partition coefficient (Wildman–Crippen LogP) is 6.65. The van der Waals surface area contributed by atoms with Crippen LogP contribution in [-0.2, 0) is 21.3 Å². The van der Waals surface area contributed by atoms with Crippen LogP contribution < -0.4 is 4.90 Å². The van der Waals surface area contributed by atoms with Gasteiger partial charge in [-0.2, -0.15) is 5.10 Å². The maximum atomic E-state index is 13.2. The van der Waals surface area contributed by atoms with Gasteiger partial charge in [-0.25, -0.2) is 14.8 Å². The molecular formula is C33H37ClN6O3S. The molecule has 0 N–H and O–H groups in total. The zero-order valence-electron chi connectivity index (χ0n) is 26.1. The first-order valence-electron chi connectivity index (χ1n) is 14.7. The van der Waals surface area contributed by atoms with Gasteiger partial charge in [-0.1, -0.05) is 23.7 Å². The fourth-order valence-corrected chi connectivity index (χ4v) is 6.94. The quantitative estimate of drug-likeness (QED) is 0.192. The van der Waals surface area contributed by atoms with Crippen molar-refractivity contribution in [3.05, 3.63) is 58.6 Å². The molecule has 1 aliphatic heterocycles. The number of fused-ring (bicyclic) bond motifs is 2. The van der Waals surface area contributed by atoms with Crippen LogP contribution in [0.2, 0.25) is 5.02 Å². The molecule has 44 heavy (non-hydrogen) atoms. The smallest absolute Gasteiger partial charge is 0.339 e. The van der Waals surface area contributed by atoms with Crippen LogP contribution in [0.5, 0.6) is 0 Å². The number of esters is 1. The summed E-state index contributed by atoms with van der Waals surface area (Å²) in [6, 6.07) is 13.7. The largest absolute Gasteiger partial charge is 0.467 e. The number of thiazole rings is 1. The van der Waals surface area contributed by atoms with E-state index in [1.807, 2.05) is 75.8 Å². The predicted molar refractivity (Wildman–Crippen MR) is 178 cm³/mol. The van der Waals surface area contributed by atoms with Gasteiger partial charge < -0.3 is 19.3 Å². The summed E-state index contributed by atoms with van der Waals surface area (Å²) in [5.74, 6) is 0.446. The Morgan fingerprint density at radius 2 is 1.73 bits per heavy atom. The highest BCUT2D eigenvalue weighted by Crippen LogP contribution is 2.44. The Balaban J connectivity index is 1.54. The number of benzene rings is 2. The molecule has 4 heterocycles. The molecule has 3 aromatic heterocycles. The van der Waals surface area contributed by atoms with E-state index >= 15 is 0 Å². The van der Waals surface area contributed by atoms with E-state index in [0.29, 0.717) is 5.02 Å². The van der Waals surface area contributed by atoms with Crippen LogP contribution in [0.3, 0.4) is 0 Å². The molecular weight excluding hydrogens is 596 g/mol. The molecule has 0 saturated carbocycles. The van der Waals surface area contributed by atoms with Crippen LogP contribution >= 0.6 is 22.9 Å². The zero-order valence-corrected chi connectivity index (χ0v) is 27.7. The number of halogens is 1. The molecule has 0 aliphatic carbocycles. The first-order valence-corrected chi connectivity index (χ1v) is 15.9. The Hall–Kier alpha value is -3.57. The normalized spacial score (nSPS) is 15.3. The molecule has 230 valence electrons. The summed E-state index contributed by atoms with van der Waals surface area (Å²) >= 11 is 7.84. The van der Waals surface area contributed by atoms with E-state index in [0.717, 1.165) is 86.2 Å². The number of carbonyl (C=O) groups excluding carboxylic acids is 1. The number of likely N-dealkylation sites (N-methyl/N-ethyl adjacent to an activating group) is 1. The van der Waals surface area contributed by atoms with Crippen molar-refractivity contribution in [1.82, 2.24) is 24.6 Å². The van der Waals surface area contributed by atoms with Crippen molar-refractivity contribution in [2.75, 3.05) is 45.2 Å². The third-order valence-electron chi connectivity index (χ3n) is 7.91. The minimum Gasteiger partial charge on any atom is -0.467 e. The van der Waals surface area contributed by atoms with Crippen LogP contribution in [0.1, 0.15) is 38.0 Å². The molecule has 9 nitrogen and oxygen atoms in total. The van der Waals surface area contributed by atoms with Crippen LogP contribution in [0, 0.1) is 6.92 Å². The molecule has 0 bridgehead atoms. The monoisotopic (exact) mass is 632 g/mol. The standard InChI is InChI=1S/C33H37ClN6O3S/c1-19-18-23-29(26(20-8-10-21(34)11-9-20)25(19)28(32(41)42-7)43-33(2,3)4)44-31(36-23)22-12-13-24-27(35-22)30(37-39(24)6)40-16-14-38(5)15-17-40/h8-13,18,28H,14-17H2,1-7H3/t28-/m0/s1. The summed E-state index contributed by atoms with van der Waals surface area (Å²) in [5.41, 5.74) is 6.27. The van der Waals surface area contributed by atoms with Crippen molar-refractivity contribution in [1.29, 1.82) is 0 Å². The average molecular weight is 633 g/mol. The SMILES string of the molecule is COC(=O)[C@@H](OC(C)(C)C)c1c(C)cc2nc(-c3ccc4c(n3)c(N3CCN(C)CC3)nn4C)sc2c1-c1ccc(Cl)cc1. The lowest BCUT2D eigenvalue weighted by atomic mass is 9.91. The molecule has 1 fully saturated rings. The van der Waals surface area contributed by atoms with Gasteiger partial charge in [0.2, 0.25) is 0 Å². The molecule has 0 radical (unpaired) electrons. The van der Waals surface area contributed by atoms with E-state index < -0.39 is 17.7 Å². The third-order valence-corrected chi connectivity index (χ3v) is 9.27. The van der Waals surface area contributed by atoms with Crippen molar-refractivity contribution >= 4 is 56.0 Å². The number of hydrogen-bond donors (Lipinski definition) is 0. The number of carbonyl (C=O) groups is 1. The number of anilines is 1. The highest BCUT2D eigenvalue weighted by Gasteiger charge is 2.33. The Labute approximate surface area is 266 Å². The van der Waals surface area contributed by atoms with Gasteiger partial charge in [-0.3, -0.25) is 4.68 Å². The summed E-state index contributed by atoms with van der Waals surface area (Å²) in [6.07, 6.45) is -0.934. The Morgan fingerprint density at radius 3 is 2.39 bits per heavy atom. The van der Waals surface area contributed by atoms with Gasteiger partial charge in [0.15, 0.2) is 11.9 Å². The summed E-state index contributed by atoms with van der Waals surface area (Å²) in [6.45, 7) is 11.5. The summed E-state index contributed by atoms with van der Waals surface area (Å²) in [4.78, 5) is 28.1. The van der Waals surface area contributed by atoms with Crippen LogP contribution in [0.4, 0.5) is 5.82 Å². The topological polar surface area (TPSA) is 85.6 Å². The van der Waals surface area contributed by atoms with Gasteiger partial charge in [-0.05, 0) is 76.2 Å². The number of hydrogen-bond acceptors (Lipinski definition) is 9. The second-order valence-electron chi connectivity index (χ2n) is 12.3. The van der Waals surface area contributed by atoms with Crippen LogP contribution in [0.25, 0.3) is 43.1 Å². The van der Waals surface area contributed by atoms with E-state index in [4.69, 9.17) is 36.1 Å². The molecule has 0 unspecified atom stereocenters. The number of aromatic nitrogens is 4. The maximum absolute atomic E-state index is 13.2. The van der Waals surface area contributed by atoms with Gasteiger partial charge in [0.1, 0.15) is 10.5 Å². The summed E-state index contributed by atoms with van der Waals surface area (Å²) in [7, 11) is 5.49. The molecule has 0 amide bonds. The van der Waals surface area contributed by atoms with E-state index in [9.17, 15) is 4.79 Å². The molecule has 1 atom stereocenters. The van der Waals surface area contributed by atoms with Crippen LogP contribution in [-0.4, -0.2) is 76.6 Å². The van der Waals surface area contributed by atoms with Crippen molar-refractivity contribution in [3.8, 4) is 21.8 Å². The molecule has 5 aromatic rings.